The maximum absolute atomic E-state index is 5.95. The third kappa shape index (κ3) is 2.55. The van der Waals surface area contributed by atoms with E-state index in [1.165, 1.54) is 22.1 Å². The van der Waals surface area contributed by atoms with Gasteiger partial charge in [-0.15, -0.1) is 0 Å². The van der Waals surface area contributed by atoms with Crippen LogP contribution in [-0.2, 0) is 0 Å². The zero-order valence-electron chi connectivity index (χ0n) is 8.14. The summed E-state index contributed by atoms with van der Waals surface area (Å²) in [7, 11) is 7.30. The van der Waals surface area contributed by atoms with Crippen LogP contribution in [-0.4, -0.2) is 0 Å². The first-order chi connectivity index (χ1) is 7.42. The molecule has 0 heterocycles. The molecule has 76 valence electrons. The summed E-state index contributed by atoms with van der Waals surface area (Å²) in [6, 6.07) is 20.6. The van der Waals surface area contributed by atoms with Gasteiger partial charge in [-0.1, -0.05) is 60.7 Å². The number of halogens is 1. The predicted octanol–water partition coefficient (Wildman–Crippen LogP) is 4.66. The highest BCUT2D eigenvalue weighted by molar-refractivity contribution is 8.21. The van der Waals surface area contributed by atoms with Gasteiger partial charge in [0.05, 0.1) is 5.25 Å². The molecular formula is C13H11ClS. The topological polar surface area (TPSA) is 0 Å². The minimum atomic E-state index is 0.217. The Balaban J connectivity index is 2.34. The summed E-state index contributed by atoms with van der Waals surface area (Å²) in [5.41, 5.74) is 2.48. The molecule has 0 radical (unpaired) electrons. The summed E-state index contributed by atoms with van der Waals surface area (Å²) in [5.74, 6) is 0. The van der Waals surface area contributed by atoms with Gasteiger partial charge in [-0.3, -0.25) is 0 Å². The van der Waals surface area contributed by atoms with Gasteiger partial charge in [0.1, 0.15) is 0 Å². The Kier molecular flexibility index (Phi) is 3.70. The Hall–Kier alpha value is -0.920. The van der Waals surface area contributed by atoms with Crippen molar-refractivity contribution in [3.63, 3.8) is 0 Å². The molecule has 0 N–H and O–H groups in total. The SMILES string of the molecule is ClSC(c1ccccc1)c1ccccc1. The molecule has 2 rings (SSSR count). The van der Waals surface area contributed by atoms with Gasteiger partial charge in [-0.2, -0.15) is 0 Å². The van der Waals surface area contributed by atoms with Crippen molar-refractivity contribution in [3.05, 3.63) is 71.8 Å². The second kappa shape index (κ2) is 5.24. The highest BCUT2D eigenvalue weighted by Gasteiger charge is 2.12. The quantitative estimate of drug-likeness (QED) is 0.744. The molecule has 0 atom stereocenters. The van der Waals surface area contributed by atoms with Crippen molar-refractivity contribution in [2.75, 3.05) is 0 Å². The molecule has 0 nitrogen and oxygen atoms in total. The summed E-state index contributed by atoms with van der Waals surface area (Å²) >= 11 is 0. The second-order valence-corrected chi connectivity index (χ2v) is 4.47. The first-order valence-electron chi connectivity index (χ1n) is 4.79. The average Bonchev–Trinajstić information content (AvgIpc) is 2.33. The lowest BCUT2D eigenvalue weighted by Crippen LogP contribution is -1.93. The normalized spacial score (nSPS) is 10.5. The van der Waals surface area contributed by atoms with Crippen molar-refractivity contribution in [3.8, 4) is 0 Å². The van der Waals surface area contributed by atoms with Crippen molar-refractivity contribution in [1.29, 1.82) is 0 Å². The van der Waals surface area contributed by atoms with Crippen LogP contribution in [0, 0.1) is 0 Å². The first-order valence-corrected chi connectivity index (χ1v) is 6.49. The van der Waals surface area contributed by atoms with Gasteiger partial charge in [-0.25, -0.2) is 0 Å². The molecule has 0 spiro atoms. The van der Waals surface area contributed by atoms with Gasteiger partial charge in [0.25, 0.3) is 0 Å². The Morgan fingerprint density at radius 2 is 1.13 bits per heavy atom. The van der Waals surface area contributed by atoms with Crippen molar-refractivity contribution in [2.45, 2.75) is 5.25 Å². The zero-order valence-corrected chi connectivity index (χ0v) is 9.71. The van der Waals surface area contributed by atoms with E-state index < -0.39 is 0 Å². The van der Waals surface area contributed by atoms with Gasteiger partial charge in [0.15, 0.2) is 0 Å². The molecule has 2 aromatic carbocycles. The molecule has 0 saturated carbocycles. The van der Waals surface area contributed by atoms with Crippen molar-refractivity contribution >= 4 is 21.7 Å². The second-order valence-electron chi connectivity index (χ2n) is 3.29. The zero-order chi connectivity index (χ0) is 10.5. The van der Waals surface area contributed by atoms with Gasteiger partial charge in [0.2, 0.25) is 0 Å². The van der Waals surface area contributed by atoms with E-state index in [9.17, 15) is 0 Å². The predicted molar refractivity (Wildman–Crippen MR) is 68.2 cm³/mol. The van der Waals surface area contributed by atoms with E-state index >= 15 is 0 Å². The van der Waals surface area contributed by atoms with E-state index in [4.69, 9.17) is 10.7 Å². The van der Waals surface area contributed by atoms with Crippen LogP contribution >= 0.6 is 21.7 Å². The minimum Gasteiger partial charge on any atom is -0.0622 e. The van der Waals surface area contributed by atoms with Crippen LogP contribution in [0.25, 0.3) is 0 Å². The van der Waals surface area contributed by atoms with Crippen LogP contribution in [0.5, 0.6) is 0 Å². The Labute approximate surface area is 98.8 Å². The summed E-state index contributed by atoms with van der Waals surface area (Å²) in [6.07, 6.45) is 0. The average molecular weight is 235 g/mol. The summed E-state index contributed by atoms with van der Waals surface area (Å²) < 4.78 is 0. The molecule has 15 heavy (non-hydrogen) atoms. The summed E-state index contributed by atoms with van der Waals surface area (Å²) in [5, 5.41) is 0.217. The number of hydrogen-bond donors (Lipinski definition) is 0. The molecule has 0 aliphatic rings. The van der Waals surface area contributed by atoms with E-state index in [0.717, 1.165) is 0 Å². The largest absolute Gasteiger partial charge is 0.0698 e. The van der Waals surface area contributed by atoms with Crippen LogP contribution in [0.15, 0.2) is 60.7 Å². The van der Waals surface area contributed by atoms with Gasteiger partial charge >= 0.3 is 0 Å². The van der Waals surface area contributed by atoms with Crippen LogP contribution in [0.4, 0.5) is 0 Å². The fraction of sp³-hybridized carbons (Fsp3) is 0.0769. The molecule has 0 unspecified atom stereocenters. The molecule has 0 amide bonds. The molecule has 0 aliphatic carbocycles. The number of rotatable bonds is 3. The van der Waals surface area contributed by atoms with Crippen LogP contribution in [0.1, 0.15) is 16.4 Å². The molecule has 0 saturated heterocycles. The van der Waals surface area contributed by atoms with E-state index in [1.807, 2.05) is 36.4 Å². The van der Waals surface area contributed by atoms with Crippen molar-refractivity contribution < 1.29 is 0 Å². The lowest BCUT2D eigenvalue weighted by atomic mass is 10.0. The monoisotopic (exact) mass is 234 g/mol. The first kappa shape index (κ1) is 10.6. The lowest BCUT2D eigenvalue weighted by Gasteiger charge is -2.13. The van der Waals surface area contributed by atoms with Gasteiger partial charge in [-0.05, 0) is 32.8 Å². The molecule has 0 bridgehead atoms. The number of hydrogen-bond acceptors (Lipinski definition) is 1. The third-order valence-corrected chi connectivity index (χ3v) is 3.55. The maximum Gasteiger partial charge on any atom is 0.0698 e. The standard InChI is InChI=1S/C13H11ClS/c14-15-13(11-7-3-1-4-8-11)12-9-5-2-6-10-12/h1-10,13H. The molecule has 2 aromatic rings. The highest BCUT2D eigenvalue weighted by Crippen LogP contribution is 2.37. The van der Waals surface area contributed by atoms with E-state index in [0.29, 0.717) is 0 Å². The van der Waals surface area contributed by atoms with E-state index in [-0.39, 0.29) is 5.25 Å². The van der Waals surface area contributed by atoms with Crippen molar-refractivity contribution in [2.24, 2.45) is 0 Å². The number of benzene rings is 2. The fourth-order valence-corrected chi connectivity index (χ4v) is 2.69. The molecular weight excluding hydrogens is 224 g/mol. The smallest absolute Gasteiger partial charge is 0.0622 e. The van der Waals surface area contributed by atoms with Gasteiger partial charge in [0, 0.05) is 0 Å². The lowest BCUT2D eigenvalue weighted by molar-refractivity contribution is 1.16. The molecule has 0 aromatic heterocycles. The minimum absolute atomic E-state index is 0.217. The summed E-state index contributed by atoms with van der Waals surface area (Å²) in [4.78, 5) is 0. The van der Waals surface area contributed by atoms with Crippen LogP contribution < -0.4 is 0 Å². The molecule has 0 fully saturated rings. The van der Waals surface area contributed by atoms with Gasteiger partial charge < -0.3 is 0 Å². The van der Waals surface area contributed by atoms with E-state index in [1.54, 1.807) is 0 Å². The van der Waals surface area contributed by atoms with E-state index in [2.05, 4.69) is 24.3 Å². The highest BCUT2D eigenvalue weighted by atomic mass is 35.7. The van der Waals surface area contributed by atoms with Crippen LogP contribution in [0.3, 0.4) is 0 Å². The molecule has 2 heteroatoms. The third-order valence-electron chi connectivity index (χ3n) is 2.29. The molecule has 0 aliphatic heterocycles. The fourth-order valence-electron chi connectivity index (χ4n) is 1.55. The van der Waals surface area contributed by atoms with Crippen LogP contribution in [0.2, 0.25) is 0 Å². The summed E-state index contributed by atoms with van der Waals surface area (Å²) in [6.45, 7) is 0. The van der Waals surface area contributed by atoms with Crippen molar-refractivity contribution in [1.82, 2.24) is 0 Å². The Morgan fingerprint density at radius 1 is 0.733 bits per heavy atom. The Morgan fingerprint density at radius 3 is 1.47 bits per heavy atom. The Bertz CT molecular complexity index is 360. The maximum atomic E-state index is 5.95.